The summed E-state index contributed by atoms with van der Waals surface area (Å²) in [6.45, 7) is 18.3. The molecule has 2 nitrogen and oxygen atoms in total. The first-order chi connectivity index (χ1) is 31.3. The summed E-state index contributed by atoms with van der Waals surface area (Å²) in [6.07, 6.45) is 0. The topological polar surface area (TPSA) is 6.48 Å². The van der Waals surface area contributed by atoms with E-state index in [1.54, 1.807) is 0 Å². The number of benzene rings is 8. The quantitative estimate of drug-likeness (QED) is 0.163. The Bertz CT molecular complexity index is 3530. The van der Waals surface area contributed by atoms with Crippen molar-refractivity contribution >= 4 is 98.5 Å². The van der Waals surface area contributed by atoms with Gasteiger partial charge in [0.05, 0.1) is 21.1 Å². The molecule has 0 saturated heterocycles. The summed E-state index contributed by atoms with van der Waals surface area (Å²) in [4.78, 5) is 5.39. The molecule has 4 heterocycles. The number of fused-ring (bicyclic) bond motifs is 10. The van der Waals surface area contributed by atoms with Gasteiger partial charge in [-0.25, -0.2) is 0 Å². The fourth-order valence-electron chi connectivity index (χ4n) is 10.8. The fraction of sp³-hybridized carbons (Fsp3) is 0.167. The van der Waals surface area contributed by atoms with Gasteiger partial charge < -0.3 is 9.71 Å². The fourth-order valence-corrected chi connectivity index (χ4v) is 13.3. The zero-order valence-electron chi connectivity index (χ0n) is 38.4. The Hall–Kier alpha value is -6.40. The predicted molar refractivity (Wildman–Crippen MR) is 286 cm³/mol. The Morgan fingerprint density at radius 3 is 1.82 bits per heavy atom. The van der Waals surface area contributed by atoms with Crippen LogP contribution in [-0.4, -0.2) is 6.85 Å². The van der Waals surface area contributed by atoms with Crippen molar-refractivity contribution in [3.8, 4) is 33.4 Å². The van der Waals surface area contributed by atoms with Crippen molar-refractivity contribution in [2.75, 3.05) is 9.71 Å². The Kier molecular flexibility index (Phi) is 8.99. The van der Waals surface area contributed by atoms with Crippen molar-refractivity contribution < 1.29 is 0 Å². The summed E-state index contributed by atoms with van der Waals surface area (Å²) in [5, 5.41) is 5.22. The number of aryl methyl sites for hydroxylation is 2. The van der Waals surface area contributed by atoms with Crippen LogP contribution in [0, 0.1) is 13.8 Å². The van der Waals surface area contributed by atoms with Gasteiger partial charge in [0.25, 0.3) is 0 Å². The van der Waals surface area contributed by atoms with Crippen molar-refractivity contribution in [2.45, 2.75) is 66.2 Å². The Morgan fingerprint density at radius 2 is 1.11 bits per heavy atom. The van der Waals surface area contributed by atoms with Crippen LogP contribution >= 0.6 is 22.7 Å². The zero-order valence-corrected chi connectivity index (χ0v) is 40.0. The number of nitrogens with zero attached hydrogens (tertiary/aromatic N) is 2. The molecule has 2 aliphatic rings. The smallest absolute Gasteiger partial charge is 0.334 e. The van der Waals surface area contributed by atoms with E-state index < -0.39 is 0 Å². The second-order valence-electron chi connectivity index (χ2n) is 20.2. The van der Waals surface area contributed by atoms with Crippen molar-refractivity contribution in [3.05, 3.63) is 186 Å². The van der Waals surface area contributed by atoms with E-state index in [2.05, 4.69) is 229 Å². The van der Waals surface area contributed by atoms with Crippen LogP contribution in [-0.2, 0) is 10.8 Å². The first-order valence-electron chi connectivity index (χ1n) is 23.0. The van der Waals surface area contributed by atoms with E-state index in [-0.39, 0.29) is 17.7 Å². The molecular weight excluding hydrogens is 824 g/mol. The molecule has 0 saturated carbocycles. The van der Waals surface area contributed by atoms with Gasteiger partial charge in [-0.1, -0.05) is 157 Å². The minimum atomic E-state index is -0.104. The maximum atomic E-state index is 2.74. The molecule has 8 aromatic carbocycles. The van der Waals surface area contributed by atoms with E-state index in [0.717, 1.165) is 0 Å². The van der Waals surface area contributed by atoms with E-state index in [4.69, 9.17) is 0 Å². The molecule has 5 heteroatoms. The maximum Gasteiger partial charge on any atom is 0.334 e. The molecule has 0 radical (unpaired) electrons. The molecule has 2 aromatic heterocycles. The highest BCUT2D eigenvalue weighted by atomic mass is 32.1. The maximum absolute atomic E-state index is 2.74. The number of hydrogen-bond donors (Lipinski definition) is 0. The van der Waals surface area contributed by atoms with Gasteiger partial charge >= 0.3 is 6.85 Å². The molecule has 12 rings (SSSR count). The Balaban J connectivity index is 1.26. The van der Waals surface area contributed by atoms with E-state index >= 15 is 0 Å². The van der Waals surface area contributed by atoms with Gasteiger partial charge in [-0.05, 0) is 134 Å². The lowest BCUT2D eigenvalue weighted by molar-refractivity contribution is 0.590. The summed E-state index contributed by atoms with van der Waals surface area (Å²) in [5.74, 6) is 0. The van der Waals surface area contributed by atoms with E-state index in [0.29, 0.717) is 0 Å². The first kappa shape index (κ1) is 40.1. The van der Waals surface area contributed by atoms with Gasteiger partial charge in [-0.3, -0.25) is 0 Å². The second kappa shape index (κ2) is 14.6. The standard InChI is InChI=1S/C60H51BN2S2/c1-36-17-16-18-37(2)53(36)39-33-48-44-30-31-45-43-21-12-14-23-51(43)64-57(45)56(44)63(42-28-25-40(26-29-42)59(3,4)5)61-54(48)50(34-39)62(58-55(61)46-22-13-15-24-52(46)65-58)49-32-27-41(60(6,7)8)35-47(49)38-19-10-9-11-20-38/h9-35H,1-8H3. The molecule has 0 aliphatic carbocycles. The van der Waals surface area contributed by atoms with Crippen LogP contribution in [0.2, 0.25) is 0 Å². The zero-order chi connectivity index (χ0) is 44.5. The van der Waals surface area contributed by atoms with Crippen LogP contribution in [0.25, 0.3) is 63.6 Å². The van der Waals surface area contributed by atoms with Gasteiger partial charge in [0.1, 0.15) is 0 Å². The summed E-state index contributed by atoms with van der Waals surface area (Å²) in [6, 6.07) is 62.6. The molecule has 0 N–H and O–H groups in total. The summed E-state index contributed by atoms with van der Waals surface area (Å²) in [7, 11) is 0. The molecule has 0 amide bonds. The Morgan fingerprint density at radius 1 is 0.462 bits per heavy atom. The van der Waals surface area contributed by atoms with E-state index in [1.807, 2.05) is 22.7 Å². The third-order valence-electron chi connectivity index (χ3n) is 14.0. The minimum absolute atomic E-state index is 0.0239. The lowest BCUT2D eigenvalue weighted by Gasteiger charge is -2.45. The molecule has 10 aromatic rings. The van der Waals surface area contributed by atoms with Gasteiger partial charge in [-0.2, -0.15) is 0 Å². The molecule has 0 atom stereocenters. The van der Waals surface area contributed by atoms with Crippen LogP contribution in [0.15, 0.2) is 164 Å². The highest BCUT2D eigenvalue weighted by Crippen LogP contribution is 2.55. The van der Waals surface area contributed by atoms with Gasteiger partial charge in [0.15, 0.2) is 0 Å². The monoisotopic (exact) mass is 874 g/mol. The highest BCUT2D eigenvalue weighted by molar-refractivity contribution is 7.27. The normalized spacial score (nSPS) is 13.4. The summed E-state index contributed by atoms with van der Waals surface area (Å²) >= 11 is 3.87. The number of hydrogen-bond acceptors (Lipinski definition) is 4. The van der Waals surface area contributed by atoms with Crippen LogP contribution < -0.4 is 20.6 Å². The molecule has 2 aliphatic heterocycles. The van der Waals surface area contributed by atoms with E-state index in [9.17, 15) is 0 Å². The number of anilines is 5. The lowest BCUT2D eigenvalue weighted by atomic mass is 9.43. The van der Waals surface area contributed by atoms with E-state index in [1.165, 1.54) is 125 Å². The molecule has 0 spiro atoms. The van der Waals surface area contributed by atoms with Gasteiger partial charge in [0.2, 0.25) is 0 Å². The third-order valence-corrected chi connectivity index (χ3v) is 16.4. The van der Waals surface area contributed by atoms with Gasteiger partial charge in [0, 0.05) is 42.7 Å². The summed E-state index contributed by atoms with van der Waals surface area (Å²) in [5.41, 5.74) is 20.5. The van der Waals surface area contributed by atoms with Crippen LogP contribution in [0.1, 0.15) is 63.8 Å². The number of thiophene rings is 2. The van der Waals surface area contributed by atoms with Crippen molar-refractivity contribution in [3.63, 3.8) is 0 Å². The van der Waals surface area contributed by atoms with Crippen molar-refractivity contribution in [1.82, 2.24) is 0 Å². The molecule has 316 valence electrons. The number of rotatable bonds is 4. The predicted octanol–water partition coefficient (Wildman–Crippen LogP) is 16.5. The summed E-state index contributed by atoms with van der Waals surface area (Å²) < 4.78 is 3.95. The first-order valence-corrected chi connectivity index (χ1v) is 24.6. The lowest BCUT2D eigenvalue weighted by Crippen LogP contribution is -2.61. The third kappa shape index (κ3) is 6.19. The van der Waals surface area contributed by atoms with Crippen LogP contribution in [0.4, 0.5) is 27.8 Å². The minimum Gasteiger partial charge on any atom is -0.375 e. The van der Waals surface area contributed by atoms with Crippen molar-refractivity contribution in [2.24, 2.45) is 0 Å². The SMILES string of the molecule is Cc1cccc(C)c1-c1cc2c3c(c1)N(c1ccc(C(C)(C)C)cc1-c1ccccc1)c1sc4ccccc4c1B3N(c1ccc(C(C)(C)C)cc1)c1c-2ccc2c1sc1ccccc12. The van der Waals surface area contributed by atoms with Gasteiger partial charge in [-0.15, -0.1) is 22.7 Å². The average molecular weight is 875 g/mol. The largest absolute Gasteiger partial charge is 0.375 e. The van der Waals surface area contributed by atoms with Crippen LogP contribution in [0.5, 0.6) is 0 Å². The molecule has 0 fully saturated rings. The Labute approximate surface area is 391 Å². The molecule has 0 unspecified atom stereocenters. The highest BCUT2D eigenvalue weighted by Gasteiger charge is 2.48. The molecular formula is C60H51BN2S2. The van der Waals surface area contributed by atoms with Crippen molar-refractivity contribution in [1.29, 1.82) is 0 Å². The average Bonchev–Trinajstić information content (AvgIpc) is 3.88. The second-order valence-corrected chi connectivity index (χ2v) is 22.3. The molecule has 65 heavy (non-hydrogen) atoms. The molecule has 0 bridgehead atoms. The van der Waals surface area contributed by atoms with Crippen LogP contribution in [0.3, 0.4) is 0 Å².